The van der Waals surface area contributed by atoms with Crippen LogP contribution in [0.1, 0.15) is 13.3 Å². The molecule has 1 heterocycles. The Bertz CT molecular complexity index is 610. The van der Waals surface area contributed by atoms with Crippen molar-refractivity contribution in [1.29, 1.82) is 0 Å². The van der Waals surface area contributed by atoms with E-state index in [0.717, 1.165) is 0 Å². The number of nitrogens with zero attached hydrogens (tertiary/aromatic N) is 1. The number of rotatable bonds is 6. The van der Waals surface area contributed by atoms with Crippen molar-refractivity contribution in [2.24, 2.45) is 5.92 Å². The fourth-order valence-corrected chi connectivity index (χ4v) is 2.70. The van der Waals surface area contributed by atoms with Gasteiger partial charge in [0.2, 0.25) is 0 Å². The molecule has 2 amide bonds. The standard InChI is InChI=1S/C16H21ClN2O5/c1-10(9-23-2)24-14-4-3-12(17)7-13(14)18-16(22)19-6-5-11(8-19)15(20)21/h3-4,7,10-11H,5-6,8-9H2,1-2H3,(H,18,22)(H,20,21). The van der Waals surface area contributed by atoms with E-state index in [-0.39, 0.29) is 18.7 Å². The monoisotopic (exact) mass is 356 g/mol. The first kappa shape index (κ1) is 18.4. The molecule has 8 heteroatoms. The lowest BCUT2D eigenvalue weighted by molar-refractivity contribution is -0.141. The predicted octanol–water partition coefficient (Wildman–Crippen LogP) is 2.69. The molecule has 1 saturated heterocycles. The first-order valence-electron chi connectivity index (χ1n) is 7.64. The van der Waals surface area contributed by atoms with Crippen LogP contribution in [0.15, 0.2) is 18.2 Å². The molecule has 2 rings (SSSR count). The summed E-state index contributed by atoms with van der Waals surface area (Å²) in [5.41, 5.74) is 0.439. The number of anilines is 1. The summed E-state index contributed by atoms with van der Waals surface area (Å²) in [4.78, 5) is 24.8. The van der Waals surface area contributed by atoms with Crippen molar-refractivity contribution in [1.82, 2.24) is 4.90 Å². The summed E-state index contributed by atoms with van der Waals surface area (Å²) in [5, 5.41) is 12.2. The van der Waals surface area contributed by atoms with Crippen LogP contribution in [0, 0.1) is 5.92 Å². The number of likely N-dealkylation sites (tertiary alicyclic amines) is 1. The third-order valence-corrected chi connectivity index (χ3v) is 3.97. The van der Waals surface area contributed by atoms with Crippen LogP contribution in [-0.2, 0) is 9.53 Å². The Morgan fingerprint density at radius 3 is 2.88 bits per heavy atom. The number of carbonyl (C=O) groups excluding carboxylic acids is 1. The Morgan fingerprint density at radius 2 is 2.25 bits per heavy atom. The van der Waals surface area contributed by atoms with E-state index in [1.165, 1.54) is 4.90 Å². The molecular formula is C16H21ClN2O5. The third-order valence-electron chi connectivity index (χ3n) is 3.74. The van der Waals surface area contributed by atoms with Crippen molar-refractivity contribution in [2.45, 2.75) is 19.4 Å². The van der Waals surface area contributed by atoms with E-state index in [9.17, 15) is 9.59 Å². The van der Waals surface area contributed by atoms with E-state index >= 15 is 0 Å². The summed E-state index contributed by atoms with van der Waals surface area (Å²) in [5.74, 6) is -0.927. The maximum atomic E-state index is 12.4. The molecule has 1 aliphatic heterocycles. The molecule has 0 radical (unpaired) electrons. The molecule has 1 aliphatic rings. The normalized spacial score (nSPS) is 18.3. The number of hydrogen-bond acceptors (Lipinski definition) is 4. The lowest BCUT2D eigenvalue weighted by atomic mass is 10.1. The van der Waals surface area contributed by atoms with Gasteiger partial charge < -0.3 is 24.8 Å². The summed E-state index contributed by atoms with van der Waals surface area (Å²) in [6.45, 7) is 2.85. The number of carboxylic acid groups (broad SMARTS) is 1. The van der Waals surface area contributed by atoms with E-state index in [4.69, 9.17) is 26.2 Å². The zero-order valence-corrected chi connectivity index (χ0v) is 14.4. The molecule has 1 fully saturated rings. The molecular weight excluding hydrogens is 336 g/mol. The average molecular weight is 357 g/mol. The Labute approximate surface area is 145 Å². The number of benzene rings is 1. The van der Waals surface area contributed by atoms with E-state index < -0.39 is 11.9 Å². The van der Waals surface area contributed by atoms with Gasteiger partial charge in [0.1, 0.15) is 11.9 Å². The maximum Gasteiger partial charge on any atom is 0.321 e. The molecule has 1 aromatic rings. The fraction of sp³-hybridized carbons (Fsp3) is 0.500. The molecule has 0 saturated carbocycles. The SMILES string of the molecule is COCC(C)Oc1ccc(Cl)cc1NC(=O)N1CCC(C(=O)O)C1. The Balaban J connectivity index is 2.06. The zero-order chi connectivity index (χ0) is 17.7. The highest BCUT2D eigenvalue weighted by Crippen LogP contribution is 2.30. The summed E-state index contributed by atoms with van der Waals surface area (Å²) in [7, 11) is 1.58. The predicted molar refractivity (Wildman–Crippen MR) is 89.8 cm³/mol. The van der Waals surface area contributed by atoms with Crippen molar-refractivity contribution in [3.05, 3.63) is 23.2 Å². The third kappa shape index (κ3) is 4.75. The number of carbonyl (C=O) groups is 2. The van der Waals surface area contributed by atoms with E-state index in [0.29, 0.717) is 36.0 Å². The van der Waals surface area contributed by atoms with Crippen LogP contribution in [0.2, 0.25) is 5.02 Å². The van der Waals surface area contributed by atoms with Gasteiger partial charge in [-0.25, -0.2) is 4.79 Å². The summed E-state index contributed by atoms with van der Waals surface area (Å²) < 4.78 is 10.8. The van der Waals surface area contributed by atoms with Gasteiger partial charge in [-0.05, 0) is 31.5 Å². The van der Waals surface area contributed by atoms with Crippen molar-refractivity contribution in [3.63, 3.8) is 0 Å². The molecule has 2 N–H and O–H groups in total. The van der Waals surface area contributed by atoms with Gasteiger partial charge >= 0.3 is 12.0 Å². The minimum absolute atomic E-state index is 0.192. The number of carboxylic acids is 1. The number of hydrogen-bond donors (Lipinski definition) is 2. The first-order chi connectivity index (χ1) is 11.4. The number of aliphatic carboxylic acids is 1. The van der Waals surface area contributed by atoms with E-state index in [1.807, 2.05) is 6.92 Å². The summed E-state index contributed by atoms with van der Waals surface area (Å²) in [6, 6.07) is 4.57. The molecule has 7 nitrogen and oxygen atoms in total. The minimum Gasteiger partial charge on any atom is -0.486 e. The van der Waals surface area contributed by atoms with Crippen LogP contribution >= 0.6 is 11.6 Å². The van der Waals surface area contributed by atoms with E-state index in [2.05, 4.69) is 5.32 Å². The lowest BCUT2D eigenvalue weighted by Gasteiger charge is -2.20. The minimum atomic E-state index is -0.884. The van der Waals surface area contributed by atoms with Crippen LogP contribution < -0.4 is 10.1 Å². The van der Waals surface area contributed by atoms with Gasteiger partial charge in [-0.15, -0.1) is 0 Å². The van der Waals surface area contributed by atoms with Crippen molar-refractivity contribution < 1.29 is 24.2 Å². The Kier molecular flexibility index (Phi) is 6.28. The fourth-order valence-electron chi connectivity index (χ4n) is 2.53. The molecule has 0 aromatic heterocycles. The van der Waals surface area contributed by atoms with Crippen LogP contribution in [0.5, 0.6) is 5.75 Å². The van der Waals surface area contributed by atoms with Gasteiger partial charge in [-0.1, -0.05) is 11.6 Å². The molecule has 0 bridgehead atoms. The molecule has 2 atom stereocenters. The smallest absolute Gasteiger partial charge is 0.321 e. The number of nitrogens with one attached hydrogen (secondary N) is 1. The van der Waals surface area contributed by atoms with Gasteiger partial charge in [0.15, 0.2) is 0 Å². The molecule has 24 heavy (non-hydrogen) atoms. The average Bonchev–Trinajstić information content (AvgIpc) is 3.00. The van der Waals surface area contributed by atoms with Crippen LogP contribution in [0.3, 0.4) is 0 Å². The molecule has 0 spiro atoms. The highest BCUT2D eigenvalue weighted by atomic mass is 35.5. The maximum absolute atomic E-state index is 12.4. The van der Waals surface area contributed by atoms with E-state index in [1.54, 1.807) is 25.3 Å². The molecule has 132 valence electrons. The molecule has 2 unspecified atom stereocenters. The highest BCUT2D eigenvalue weighted by Gasteiger charge is 2.31. The van der Waals surface area contributed by atoms with Gasteiger partial charge in [0.25, 0.3) is 0 Å². The lowest BCUT2D eigenvalue weighted by Crippen LogP contribution is -2.34. The van der Waals surface area contributed by atoms with Gasteiger partial charge in [-0.2, -0.15) is 0 Å². The van der Waals surface area contributed by atoms with Crippen LogP contribution in [0.25, 0.3) is 0 Å². The quantitative estimate of drug-likeness (QED) is 0.818. The number of ether oxygens (including phenoxy) is 2. The largest absolute Gasteiger partial charge is 0.486 e. The topological polar surface area (TPSA) is 88.1 Å². The van der Waals surface area contributed by atoms with Crippen molar-refractivity contribution in [2.75, 3.05) is 32.1 Å². The van der Waals surface area contributed by atoms with Crippen molar-refractivity contribution in [3.8, 4) is 5.75 Å². The second-order valence-corrected chi connectivity index (χ2v) is 6.16. The zero-order valence-electron chi connectivity index (χ0n) is 13.6. The summed E-state index contributed by atoms with van der Waals surface area (Å²) >= 11 is 6.00. The van der Waals surface area contributed by atoms with Gasteiger partial charge in [-0.3, -0.25) is 4.79 Å². The second kappa shape index (κ2) is 8.21. The summed E-state index contributed by atoms with van der Waals surface area (Å²) in [6.07, 6.45) is 0.252. The Hall–Kier alpha value is -1.99. The molecule has 1 aromatic carbocycles. The molecule has 0 aliphatic carbocycles. The van der Waals surface area contributed by atoms with Gasteiger partial charge in [0.05, 0.1) is 18.2 Å². The number of methoxy groups -OCH3 is 1. The van der Waals surface area contributed by atoms with Crippen LogP contribution in [-0.4, -0.2) is 54.9 Å². The van der Waals surface area contributed by atoms with Crippen LogP contribution in [0.4, 0.5) is 10.5 Å². The highest BCUT2D eigenvalue weighted by molar-refractivity contribution is 6.31. The van der Waals surface area contributed by atoms with Gasteiger partial charge in [0, 0.05) is 25.2 Å². The Morgan fingerprint density at radius 1 is 1.50 bits per heavy atom. The van der Waals surface area contributed by atoms with Crippen molar-refractivity contribution >= 4 is 29.3 Å². The second-order valence-electron chi connectivity index (χ2n) is 5.72. The number of amides is 2. The number of urea groups is 1. The number of halogens is 1. The first-order valence-corrected chi connectivity index (χ1v) is 8.02.